The molecule has 28 heavy (non-hydrogen) atoms. The predicted molar refractivity (Wildman–Crippen MR) is 117 cm³/mol. The van der Waals surface area contributed by atoms with Gasteiger partial charge in [-0.3, -0.25) is 0 Å². The Labute approximate surface area is 177 Å². The molecule has 0 aliphatic heterocycles. The molecule has 144 valence electrons. The third kappa shape index (κ3) is 3.71. The van der Waals surface area contributed by atoms with E-state index < -0.39 is 5.97 Å². The van der Waals surface area contributed by atoms with Gasteiger partial charge in [0.25, 0.3) is 0 Å². The molecule has 0 saturated carbocycles. The van der Waals surface area contributed by atoms with Crippen molar-refractivity contribution < 1.29 is 9.63 Å². The lowest BCUT2D eigenvalue weighted by atomic mass is 9.76. The van der Waals surface area contributed by atoms with Crippen molar-refractivity contribution in [2.24, 2.45) is 10.6 Å². The number of aryl methyl sites for hydroxylation is 1. The van der Waals surface area contributed by atoms with Gasteiger partial charge in [-0.2, -0.15) is 0 Å². The van der Waals surface area contributed by atoms with Crippen LogP contribution in [0.2, 0.25) is 0 Å². The summed E-state index contributed by atoms with van der Waals surface area (Å²) in [6, 6.07) is 14.0. The fourth-order valence-electron chi connectivity index (χ4n) is 3.75. The van der Waals surface area contributed by atoms with E-state index in [9.17, 15) is 4.79 Å². The van der Waals surface area contributed by atoms with Gasteiger partial charge >= 0.3 is 5.97 Å². The van der Waals surface area contributed by atoms with E-state index >= 15 is 0 Å². The number of oxime groups is 1. The Balaban J connectivity index is 1.74. The Kier molecular flexibility index (Phi) is 5.02. The van der Waals surface area contributed by atoms with Crippen LogP contribution in [0.1, 0.15) is 46.9 Å². The SMILES string of the molecule is Cc1cc2c(n1-c1ccc(Br)cc1)CC(C)(C)C/C2=N\OC(=O)c1cccs1. The van der Waals surface area contributed by atoms with E-state index in [0.29, 0.717) is 4.88 Å². The van der Waals surface area contributed by atoms with Crippen LogP contribution in [0.15, 0.2) is 57.5 Å². The molecule has 1 aliphatic carbocycles. The molecule has 4 nitrogen and oxygen atoms in total. The largest absolute Gasteiger partial charge is 0.375 e. The molecule has 6 heteroatoms. The highest BCUT2D eigenvalue weighted by Gasteiger charge is 2.33. The van der Waals surface area contributed by atoms with Crippen molar-refractivity contribution in [3.63, 3.8) is 0 Å². The fraction of sp³-hybridized carbons (Fsp3) is 0.273. The van der Waals surface area contributed by atoms with Crippen LogP contribution in [0.3, 0.4) is 0 Å². The zero-order chi connectivity index (χ0) is 19.9. The van der Waals surface area contributed by atoms with Crippen LogP contribution in [0.5, 0.6) is 0 Å². The van der Waals surface area contributed by atoms with E-state index in [4.69, 9.17) is 4.84 Å². The Morgan fingerprint density at radius 2 is 1.96 bits per heavy atom. The third-order valence-electron chi connectivity index (χ3n) is 4.94. The molecule has 0 unspecified atom stereocenters. The van der Waals surface area contributed by atoms with E-state index in [2.05, 4.69) is 64.6 Å². The van der Waals surface area contributed by atoms with Crippen molar-refractivity contribution in [2.45, 2.75) is 33.6 Å². The fourth-order valence-corrected chi connectivity index (χ4v) is 4.60. The van der Waals surface area contributed by atoms with Gasteiger partial charge in [-0.1, -0.05) is 41.0 Å². The molecule has 1 aliphatic rings. The molecule has 0 saturated heterocycles. The Morgan fingerprint density at radius 1 is 1.21 bits per heavy atom. The zero-order valence-corrected chi connectivity index (χ0v) is 18.4. The number of nitrogens with zero attached hydrogens (tertiary/aromatic N) is 2. The molecule has 0 bridgehead atoms. The molecule has 0 atom stereocenters. The van der Waals surface area contributed by atoms with Crippen molar-refractivity contribution in [2.75, 3.05) is 0 Å². The molecule has 2 aromatic heterocycles. The molecule has 0 radical (unpaired) electrons. The minimum atomic E-state index is -0.406. The van der Waals surface area contributed by atoms with E-state index in [-0.39, 0.29) is 5.41 Å². The number of thiophene rings is 1. The first-order chi connectivity index (χ1) is 13.3. The number of fused-ring (bicyclic) bond motifs is 1. The number of hydrogen-bond donors (Lipinski definition) is 0. The Hall–Kier alpha value is -2.18. The van der Waals surface area contributed by atoms with Crippen LogP contribution >= 0.6 is 27.3 Å². The molecule has 0 N–H and O–H groups in total. The maximum absolute atomic E-state index is 12.2. The summed E-state index contributed by atoms with van der Waals surface area (Å²) in [6.45, 7) is 6.55. The summed E-state index contributed by atoms with van der Waals surface area (Å²) in [5, 5.41) is 6.15. The topological polar surface area (TPSA) is 43.6 Å². The van der Waals surface area contributed by atoms with Crippen molar-refractivity contribution in [3.05, 3.63) is 74.1 Å². The molecule has 4 rings (SSSR count). The van der Waals surface area contributed by atoms with Gasteiger partial charge in [-0.15, -0.1) is 11.3 Å². The Morgan fingerprint density at radius 3 is 2.64 bits per heavy atom. The highest BCUT2D eigenvalue weighted by Crippen LogP contribution is 2.38. The average Bonchev–Trinajstić information content (AvgIpc) is 3.28. The smallest absolute Gasteiger partial charge is 0.318 e. The average molecular weight is 457 g/mol. The molecule has 0 spiro atoms. The normalized spacial score (nSPS) is 16.8. The zero-order valence-electron chi connectivity index (χ0n) is 16.0. The molecule has 3 aromatic rings. The summed E-state index contributed by atoms with van der Waals surface area (Å²) in [5.74, 6) is -0.406. The first-order valence-electron chi connectivity index (χ1n) is 9.13. The van der Waals surface area contributed by atoms with E-state index in [0.717, 1.165) is 40.0 Å². The maximum Gasteiger partial charge on any atom is 0.375 e. The third-order valence-corrected chi connectivity index (χ3v) is 6.31. The molecular weight excluding hydrogens is 436 g/mol. The number of halogens is 1. The van der Waals surface area contributed by atoms with Gasteiger partial charge in [0.1, 0.15) is 4.88 Å². The van der Waals surface area contributed by atoms with Gasteiger partial charge in [0, 0.05) is 27.1 Å². The number of rotatable bonds is 3. The van der Waals surface area contributed by atoms with E-state index in [1.165, 1.54) is 17.0 Å². The summed E-state index contributed by atoms with van der Waals surface area (Å²) >= 11 is 4.86. The van der Waals surface area contributed by atoms with Crippen molar-refractivity contribution in [3.8, 4) is 5.69 Å². The Bertz CT molecular complexity index is 1050. The number of carbonyl (C=O) groups excluding carboxylic acids is 1. The number of carbonyl (C=O) groups is 1. The molecule has 0 fully saturated rings. The summed E-state index contributed by atoms with van der Waals surface area (Å²) < 4.78 is 3.33. The molecule has 0 amide bonds. The lowest BCUT2D eigenvalue weighted by molar-refractivity contribution is 0.0519. The minimum Gasteiger partial charge on any atom is -0.318 e. The van der Waals surface area contributed by atoms with Crippen LogP contribution in [0.25, 0.3) is 5.69 Å². The van der Waals surface area contributed by atoms with E-state index in [1.807, 2.05) is 23.6 Å². The molecule has 1 aromatic carbocycles. The standard InChI is InChI=1S/C22H21BrN2O2S/c1-14-11-17-18(24-27-21(26)20-5-4-10-28-20)12-22(2,3)13-19(17)25(14)16-8-6-15(23)7-9-16/h4-11H,12-13H2,1-3H3/b24-18+. The van der Waals surface area contributed by atoms with Crippen LogP contribution < -0.4 is 0 Å². The van der Waals surface area contributed by atoms with Gasteiger partial charge in [-0.25, -0.2) is 4.79 Å². The highest BCUT2D eigenvalue weighted by molar-refractivity contribution is 9.10. The quantitative estimate of drug-likeness (QED) is 0.350. The predicted octanol–water partition coefficient (Wildman–Crippen LogP) is 6.14. The van der Waals surface area contributed by atoms with E-state index in [1.54, 1.807) is 6.07 Å². The second kappa shape index (κ2) is 7.33. The second-order valence-corrected chi connectivity index (χ2v) is 9.73. The second-order valence-electron chi connectivity index (χ2n) is 7.87. The van der Waals surface area contributed by atoms with Gasteiger partial charge < -0.3 is 9.40 Å². The van der Waals surface area contributed by atoms with Crippen molar-refractivity contribution in [1.82, 2.24) is 4.57 Å². The molecular formula is C22H21BrN2O2S. The van der Waals surface area contributed by atoms with Crippen LogP contribution in [-0.2, 0) is 11.3 Å². The summed E-state index contributed by atoms with van der Waals surface area (Å²) in [7, 11) is 0. The summed E-state index contributed by atoms with van der Waals surface area (Å²) in [6.07, 6.45) is 1.70. The summed E-state index contributed by atoms with van der Waals surface area (Å²) in [4.78, 5) is 18.1. The van der Waals surface area contributed by atoms with Crippen LogP contribution in [0.4, 0.5) is 0 Å². The monoisotopic (exact) mass is 456 g/mol. The van der Waals surface area contributed by atoms with Gasteiger partial charge in [0.05, 0.1) is 5.71 Å². The van der Waals surface area contributed by atoms with Gasteiger partial charge in [0.15, 0.2) is 0 Å². The first-order valence-corrected chi connectivity index (χ1v) is 10.8. The van der Waals surface area contributed by atoms with Crippen molar-refractivity contribution >= 4 is 38.9 Å². The lowest BCUT2D eigenvalue weighted by Crippen LogP contribution is -2.28. The van der Waals surface area contributed by atoms with Crippen LogP contribution in [0, 0.1) is 12.3 Å². The summed E-state index contributed by atoms with van der Waals surface area (Å²) in [5.41, 5.74) is 5.40. The highest BCUT2D eigenvalue weighted by atomic mass is 79.9. The maximum atomic E-state index is 12.2. The number of aromatic nitrogens is 1. The lowest BCUT2D eigenvalue weighted by Gasteiger charge is -2.31. The number of hydrogen-bond acceptors (Lipinski definition) is 4. The van der Waals surface area contributed by atoms with Crippen LogP contribution in [-0.4, -0.2) is 16.2 Å². The number of benzene rings is 1. The minimum absolute atomic E-state index is 0.0269. The van der Waals surface area contributed by atoms with Gasteiger partial charge in [0.2, 0.25) is 0 Å². The first kappa shape index (κ1) is 19.2. The van der Waals surface area contributed by atoms with Gasteiger partial charge in [-0.05, 0) is 67.0 Å². The molecule has 2 heterocycles. The van der Waals surface area contributed by atoms with Crippen molar-refractivity contribution in [1.29, 1.82) is 0 Å².